The molecule has 0 aromatic heterocycles. The maximum Gasteiger partial charge on any atom is 0.179 e. The lowest BCUT2D eigenvalue weighted by atomic mass is 10.2. The molecule has 2 aromatic carbocycles. The van der Waals surface area contributed by atoms with Gasteiger partial charge in [0.15, 0.2) is 9.84 Å². The summed E-state index contributed by atoms with van der Waals surface area (Å²) < 4.78 is 30.1. The molecule has 1 aliphatic heterocycles. The molecule has 4 nitrogen and oxygen atoms in total. The number of nitrogen functional groups attached to an aromatic ring is 1. The van der Waals surface area contributed by atoms with E-state index in [0.717, 1.165) is 11.3 Å². The highest BCUT2D eigenvalue weighted by Gasteiger charge is 2.29. The molecule has 1 fully saturated rings. The Bertz CT molecular complexity index is 782. The maximum absolute atomic E-state index is 12.2. The van der Waals surface area contributed by atoms with Gasteiger partial charge in [-0.2, -0.15) is 11.8 Å². The van der Waals surface area contributed by atoms with Crippen LogP contribution in [0.3, 0.4) is 0 Å². The number of benzene rings is 2. The van der Waals surface area contributed by atoms with Crippen molar-refractivity contribution in [3.8, 4) is 11.5 Å². The van der Waals surface area contributed by atoms with Gasteiger partial charge in [0, 0.05) is 16.7 Å². The Kier molecular flexibility index (Phi) is 4.06. The van der Waals surface area contributed by atoms with Gasteiger partial charge in [-0.05, 0) is 55.0 Å². The van der Waals surface area contributed by atoms with E-state index in [0.29, 0.717) is 22.1 Å². The molecule has 2 N–H and O–H groups in total. The smallest absolute Gasteiger partial charge is 0.179 e. The lowest BCUT2D eigenvalue weighted by Crippen LogP contribution is -2.10. The molecule has 1 atom stereocenters. The first-order chi connectivity index (χ1) is 10.4. The van der Waals surface area contributed by atoms with E-state index in [4.69, 9.17) is 10.5 Å². The molecule has 116 valence electrons. The monoisotopic (exact) mass is 335 g/mol. The van der Waals surface area contributed by atoms with E-state index in [-0.39, 0.29) is 11.0 Å². The van der Waals surface area contributed by atoms with Gasteiger partial charge in [0.05, 0.1) is 10.6 Å². The zero-order valence-electron chi connectivity index (χ0n) is 12.2. The Hall–Kier alpha value is -1.66. The fourth-order valence-corrected chi connectivity index (χ4v) is 4.74. The molecule has 1 saturated heterocycles. The largest absolute Gasteiger partial charge is 0.457 e. The van der Waals surface area contributed by atoms with E-state index in [1.165, 1.54) is 0 Å². The van der Waals surface area contributed by atoms with Gasteiger partial charge >= 0.3 is 0 Å². The Morgan fingerprint density at radius 1 is 1.18 bits per heavy atom. The van der Waals surface area contributed by atoms with E-state index in [1.54, 1.807) is 48.2 Å². The number of hydrogen-bond acceptors (Lipinski definition) is 5. The lowest BCUT2D eigenvalue weighted by molar-refractivity contribution is 0.482. The molecule has 0 amide bonds. The van der Waals surface area contributed by atoms with Crippen molar-refractivity contribution in [2.24, 2.45) is 0 Å². The number of aryl methyl sites for hydroxylation is 1. The highest BCUT2D eigenvalue weighted by molar-refractivity contribution is 8.08. The van der Waals surface area contributed by atoms with Crippen LogP contribution in [0.4, 0.5) is 5.69 Å². The van der Waals surface area contributed by atoms with Gasteiger partial charge in [0.25, 0.3) is 0 Å². The molecule has 0 saturated carbocycles. The summed E-state index contributed by atoms with van der Waals surface area (Å²) in [7, 11) is -3.19. The molecule has 0 bridgehead atoms. The second-order valence-electron chi connectivity index (χ2n) is 5.33. The lowest BCUT2D eigenvalue weighted by Gasteiger charge is -2.09. The first kappa shape index (κ1) is 15.2. The summed E-state index contributed by atoms with van der Waals surface area (Å²) in [6.45, 7) is 1.91. The van der Waals surface area contributed by atoms with Crippen molar-refractivity contribution in [1.29, 1.82) is 0 Å². The second-order valence-corrected chi connectivity index (χ2v) is 8.70. The molecule has 0 spiro atoms. The minimum absolute atomic E-state index is 0.217. The fourth-order valence-electron chi connectivity index (χ4n) is 2.07. The number of ether oxygens (including phenoxy) is 1. The molecule has 22 heavy (non-hydrogen) atoms. The van der Waals surface area contributed by atoms with Crippen LogP contribution in [-0.4, -0.2) is 25.2 Å². The van der Waals surface area contributed by atoms with Crippen molar-refractivity contribution < 1.29 is 13.2 Å². The predicted octanol–water partition coefficient (Wildman–Crippen LogP) is 3.26. The fraction of sp³-hybridized carbons (Fsp3) is 0.250. The normalized spacial score (nSPS) is 17.2. The Labute approximate surface area is 134 Å². The van der Waals surface area contributed by atoms with Crippen LogP contribution in [-0.2, 0) is 9.84 Å². The van der Waals surface area contributed by atoms with Gasteiger partial charge in [-0.25, -0.2) is 8.42 Å². The Morgan fingerprint density at radius 2 is 1.82 bits per heavy atom. The van der Waals surface area contributed by atoms with Crippen molar-refractivity contribution in [1.82, 2.24) is 0 Å². The van der Waals surface area contributed by atoms with Crippen LogP contribution in [0, 0.1) is 6.92 Å². The van der Waals surface area contributed by atoms with Crippen molar-refractivity contribution in [2.75, 3.05) is 17.2 Å². The number of anilines is 1. The van der Waals surface area contributed by atoms with E-state index in [9.17, 15) is 8.42 Å². The number of hydrogen-bond donors (Lipinski definition) is 1. The molecule has 1 aliphatic rings. The molecule has 2 aromatic rings. The van der Waals surface area contributed by atoms with E-state index < -0.39 is 9.84 Å². The molecular weight excluding hydrogens is 318 g/mol. The van der Waals surface area contributed by atoms with Crippen molar-refractivity contribution in [3.05, 3.63) is 48.0 Å². The Morgan fingerprint density at radius 3 is 2.41 bits per heavy atom. The molecule has 0 radical (unpaired) electrons. The van der Waals surface area contributed by atoms with Gasteiger partial charge < -0.3 is 10.5 Å². The zero-order valence-corrected chi connectivity index (χ0v) is 13.8. The van der Waals surface area contributed by atoms with Crippen LogP contribution < -0.4 is 10.5 Å². The first-order valence-corrected chi connectivity index (χ1v) is 9.62. The minimum Gasteiger partial charge on any atom is -0.457 e. The highest BCUT2D eigenvalue weighted by Crippen LogP contribution is 2.33. The Balaban J connectivity index is 1.74. The quantitative estimate of drug-likeness (QED) is 0.671. The highest BCUT2D eigenvalue weighted by atomic mass is 32.2. The van der Waals surface area contributed by atoms with Gasteiger partial charge in [-0.15, -0.1) is 0 Å². The van der Waals surface area contributed by atoms with Gasteiger partial charge in [-0.3, -0.25) is 0 Å². The van der Waals surface area contributed by atoms with Gasteiger partial charge in [0.1, 0.15) is 11.5 Å². The molecule has 1 heterocycles. The zero-order chi connectivity index (χ0) is 15.7. The number of nitrogens with two attached hydrogens (primary N) is 1. The summed E-state index contributed by atoms with van der Waals surface area (Å²) in [5, 5.41) is 0.263. The summed E-state index contributed by atoms with van der Waals surface area (Å²) >= 11 is 1.68. The molecular formula is C16H17NO3S2. The van der Waals surface area contributed by atoms with Gasteiger partial charge in [-0.1, -0.05) is 0 Å². The number of sulfone groups is 1. The summed E-state index contributed by atoms with van der Waals surface area (Å²) in [6.07, 6.45) is 0. The third kappa shape index (κ3) is 3.56. The molecule has 1 unspecified atom stereocenters. The third-order valence-corrected chi connectivity index (χ3v) is 6.48. The summed E-state index contributed by atoms with van der Waals surface area (Å²) in [4.78, 5) is 0.348. The molecule has 6 heteroatoms. The third-order valence-electron chi connectivity index (χ3n) is 3.47. The van der Waals surface area contributed by atoms with Crippen LogP contribution >= 0.6 is 11.8 Å². The van der Waals surface area contributed by atoms with E-state index >= 15 is 0 Å². The summed E-state index contributed by atoms with van der Waals surface area (Å²) in [5.74, 6) is 2.44. The van der Waals surface area contributed by atoms with Crippen LogP contribution in [0.5, 0.6) is 11.5 Å². The van der Waals surface area contributed by atoms with Crippen LogP contribution in [0.1, 0.15) is 5.56 Å². The van der Waals surface area contributed by atoms with E-state index in [1.807, 2.05) is 13.0 Å². The van der Waals surface area contributed by atoms with Gasteiger partial charge in [0.2, 0.25) is 0 Å². The average molecular weight is 335 g/mol. The van der Waals surface area contributed by atoms with Crippen molar-refractivity contribution >= 4 is 27.3 Å². The predicted molar refractivity (Wildman–Crippen MR) is 90.4 cm³/mol. The van der Waals surface area contributed by atoms with Crippen LogP contribution in [0.25, 0.3) is 0 Å². The molecule has 3 rings (SSSR count). The number of rotatable bonds is 5. The van der Waals surface area contributed by atoms with Crippen LogP contribution in [0.2, 0.25) is 0 Å². The standard InChI is InChI=1S/C16H17NO3S2/c1-11-8-13(4-7-16(11)17)20-12-2-5-15(6-3-12)22(18,19)10-14-9-21-14/h2-8,14H,9-10,17H2,1H3. The average Bonchev–Trinajstić information content (AvgIpc) is 3.27. The number of thioether (sulfide) groups is 1. The minimum atomic E-state index is -3.19. The van der Waals surface area contributed by atoms with Crippen molar-refractivity contribution in [2.45, 2.75) is 17.1 Å². The van der Waals surface area contributed by atoms with E-state index in [2.05, 4.69) is 0 Å². The topological polar surface area (TPSA) is 69.4 Å². The second kappa shape index (κ2) is 5.85. The molecule has 0 aliphatic carbocycles. The first-order valence-electron chi connectivity index (χ1n) is 6.92. The maximum atomic E-state index is 12.2. The summed E-state index contributed by atoms with van der Waals surface area (Å²) in [6, 6.07) is 12.0. The summed E-state index contributed by atoms with van der Waals surface area (Å²) in [5.41, 5.74) is 7.43. The van der Waals surface area contributed by atoms with Crippen LogP contribution in [0.15, 0.2) is 47.4 Å². The SMILES string of the molecule is Cc1cc(Oc2ccc(S(=O)(=O)CC3CS3)cc2)ccc1N. The van der Waals surface area contributed by atoms with Crippen molar-refractivity contribution in [3.63, 3.8) is 0 Å².